The molecule has 0 spiro atoms. The van der Waals surface area contributed by atoms with Gasteiger partial charge in [-0.3, -0.25) is 9.10 Å². The van der Waals surface area contributed by atoms with E-state index in [2.05, 4.69) is 24.4 Å². The fraction of sp³-hybridized carbons (Fsp3) is 0.240. The monoisotopic (exact) mass is 502 g/mol. The van der Waals surface area contributed by atoms with Crippen LogP contribution in [0.3, 0.4) is 0 Å². The molecule has 0 aliphatic rings. The number of hydrogen-bond donors (Lipinski definition) is 1. The van der Waals surface area contributed by atoms with Gasteiger partial charge in [-0.05, 0) is 60.0 Å². The summed E-state index contributed by atoms with van der Waals surface area (Å²) < 4.78 is 26.0. The SMILES string of the molecule is Cc1ccccc1CSCCNC(=O)c1ccc(N(Cc2ccc(Cl)cc2)S(C)(=O)=O)cc1. The van der Waals surface area contributed by atoms with Crippen LogP contribution in [-0.2, 0) is 22.3 Å². The summed E-state index contributed by atoms with van der Waals surface area (Å²) in [6.45, 7) is 2.84. The van der Waals surface area contributed by atoms with Gasteiger partial charge in [0.25, 0.3) is 5.91 Å². The molecule has 0 heterocycles. The van der Waals surface area contributed by atoms with E-state index < -0.39 is 10.0 Å². The van der Waals surface area contributed by atoms with E-state index in [1.54, 1.807) is 60.3 Å². The van der Waals surface area contributed by atoms with Crippen LogP contribution in [0.15, 0.2) is 72.8 Å². The number of thioether (sulfide) groups is 1. The Hall–Kier alpha value is -2.48. The number of halogens is 1. The van der Waals surface area contributed by atoms with Gasteiger partial charge in [0.05, 0.1) is 18.5 Å². The van der Waals surface area contributed by atoms with Gasteiger partial charge in [0.15, 0.2) is 0 Å². The lowest BCUT2D eigenvalue weighted by atomic mass is 10.1. The third kappa shape index (κ3) is 7.52. The lowest BCUT2D eigenvalue weighted by Crippen LogP contribution is -2.29. The van der Waals surface area contributed by atoms with Gasteiger partial charge >= 0.3 is 0 Å². The molecule has 174 valence electrons. The Balaban J connectivity index is 1.55. The number of nitrogens with zero attached hydrogens (tertiary/aromatic N) is 1. The Bertz CT molecular complexity index is 1180. The van der Waals surface area contributed by atoms with Crippen LogP contribution in [0, 0.1) is 6.92 Å². The number of hydrogen-bond acceptors (Lipinski definition) is 4. The van der Waals surface area contributed by atoms with Gasteiger partial charge in [0.1, 0.15) is 0 Å². The van der Waals surface area contributed by atoms with Gasteiger partial charge in [0.2, 0.25) is 10.0 Å². The minimum Gasteiger partial charge on any atom is -0.351 e. The predicted molar refractivity (Wildman–Crippen MR) is 139 cm³/mol. The number of anilines is 1. The molecule has 5 nitrogen and oxygen atoms in total. The molecule has 0 saturated carbocycles. The van der Waals surface area contributed by atoms with Crippen LogP contribution in [-0.4, -0.2) is 32.9 Å². The predicted octanol–water partition coefficient (Wildman–Crippen LogP) is 5.28. The lowest BCUT2D eigenvalue weighted by Gasteiger charge is -2.23. The maximum Gasteiger partial charge on any atom is 0.251 e. The van der Waals surface area contributed by atoms with E-state index in [1.807, 2.05) is 12.1 Å². The molecule has 3 aromatic rings. The van der Waals surface area contributed by atoms with Gasteiger partial charge in [-0.2, -0.15) is 11.8 Å². The summed E-state index contributed by atoms with van der Waals surface area (Å²) in [7, 11) is -3.51. The first-order valence-corrected chi connectivity index (χ1v) is 13.8. The first-order valence-electron chi connectivity index (χ1n) is 10.5. The van der Waals surface area contributed by atoms with Crippen LogP contribution in [0.1, 0.15) is 27.0 Å². The summed E-state index contributed by atoms with van der Waals surface area (Å²) in [6.07, 6.45) is 1.16. The Kier molecular flexibility index (Phi) is 8.83. The number of benzene rings is 3. The fourth-order valence-corrected chi connectivity index (χ4v) is 5.18. The third-order valence-electron chi connectivity index (χ3n) is 5.11. The highest BCUT2D eigenvalue weighted by atomic mass is 35.5. The first-order chi connectivity index (χ1) is 15.7. The summed E-state index contributed by atoms with van der Waals surface area (Å²) >= 11 is 7.69. The molecule has 33 heavy (non-hydrogen) atoms. The molecule has 0 bridgehead atoms. The average molecular weight is 503 g/mol. The Morgan fingerprint density at radius 1 is 1.00 bits per heavy atom. The second-order valence-corrected chi connectivity index (χ2v) is 11.1. The van der Waals surface area contributed by atoms with Gasteiger partial charge < -0.3 is 5.32 Å². The smallest absolute Gasteiger partial charge is 0.251 e. The first kappa shape index (κ1) is 25.1. The zero-order chi connectivity index (χ0) is 23.8. The Morgan fingerprint density at radius 2 is 1.67 bits per heavy atom. The molecule has 0 fully saturated rings. The molecule has 1 N–H and O–H groups in total. The summed E-state index contributed by atoms with van der Waals surface area (Å²) in [5, 5.41) is 3.51. The highest BCUT2D eigenvalue weighted by molar-refractivity contribution is 7.98. The molecule has 0 aliphatic carbocycles. The van der Waals surface area contributed by atoms with Crippen molar-refractivity contribution in [2.45, 2.75) is 19.2 Å². The zero-order valence-corrected chi connectivity index (χ0v) is 21.0. The lowest BCUT2D eigenvalue weighted by molar-refractivity contribution is 0.0956. The molecule has 8 heteroatoms. The summed E-state index contributed by atoms with van der Waals surface area (Å²) in [6, 6.07) is 21.9. The standard InChI is InChI=1S/C25H27ClN2O3S2/c1-19-5-3-4-6-22(19)18-32-16-15-27-25(29)21-9-13-24(14-10-21)28(33(2,30)31)17-20-7-11-23(26)12-8-20/h3-14H,15-18H2,1-2H3,(H,27,29). The van der Waals surface area contributed by atoms with E-state index in [0.717, 1.165) is 23.3 Å². The molecule has 0 aliphatic heterocycles. The highest BCUT2D eigenvalue weighted by Crippen LogP contribution is 2.22. The second kappa shape index (κ2) is 11.6. The highest BCUT2D eigenvalue weighted by Gasteiger charge is 2.18. The van der Waals surface area contributed by atoms with Crippen molar-refractivity contribution in [3.05, 3.63) is 100 Å². The number of carbonyl (C=O) groups is 1. The topological polar surface area (TPSA) is 66.5 Å². The summed E-state index contributed by atoms with van der Waals surface area (Å²) in [4.78, 5) is 12.5. The molecule has 3 rings (SSSR count). The molecule has 1 amide bonds. The van der Waals surface area contributed by atoms with Crippen LogP contribution in [0.2, 0.25) is 5.02 Å². The zero-order valence-electron chi connectivity index (χ0n) is 18.6. The molecule has 3 aromatic carbocycles. The number of sulfonamides is 1. The molecular weight excluding hydrogens is 476 g/mol. The van der Waals surface area contributed by atoms with Crippen LogP contribution >= 0.6 is 23.4 Å². The van der Waals surface area contributed by atoms with Crippen LogP contribution in [0.4, 0.5) is 5.69 Å². The van der Waals surface area contributed by atoms with Gasteiger partial charge in [-0.25, -0.2) is 8.42 Å². The normalized spacial score (nSPS) is 11.2. The van der Waals surface area contributed by atoms with E-state index in [9.17, 15) is 13.2 Å². The van der Waals surface area contributed by atoms with E-state index in [-0.39, 0.29) is 12.5 Å². The van der Waals surface area contributed by atoms with Crippen molar-refractivity contribution in [1.29, 1.82) is 0 Å². The Labute approximate surface area is 205 Å². The van der Waals surface area contributed by atoms with Crippen LogP contribution < -0.4 is 9.62 Å². The van der Waals surface area contributed by atoms with Gasteiger partial charge in [-0.15, -0.1) is 0 Å². The van der Waals surface area contributed by atoms with E-state index >= 15 is 0 Å². The summed E-state index contributed by atoms with van der Waals surface area (Å²) in [5.41, 5.74) is 4.38. The van der Waals surface area contributed by atoms with Crippen LogP contribution in [0.5, 0.6) is 0 Å². The molecular formula is C25H27ClN2O3S2. The minimum atomic E-state index is -3.51. The van der Waals surface area contributed by atoms with Crippen molar-refractivity contribution in [2.24, 2.45) is 0 Å². The second-order valence-electron chi connectivity index (χ2n) is 7.68. The number of amides is 1. The third-order valence-corrected chi connectivity index (χ3v) is 7.51. The molecule has 0 unspecified atom stereocenters. The van der Waals surface area contributed by atoms with Crippen molar-refractivity contribution >= 4 is 45.0 Å². The number of carbonyl (C=O) groups excluding carboxylic acids is 1. The fourth-order valence-electron chi connectivity index (χ4n) is 3.23. The molecule has 0 aromatic heterocycles. The summed E-state index contributed by atoms with van der Waals surface area (Å²) in [5.74, 6) is 1.54. The maximum atomic E-state index is 12.5. The maximum absolute atomic E-state index is 12.5. The van der Waals surface area contributed by atoms with Crippen molar-refractivity contribution in [3.8, 4) is 0 Å². The van der Waals surface area contributed by atoms with Gasteiger partial charge in [-0.1, -0.05) is 48.0 Å². The van der Waals surface area contributed by atoms with Crippen LogP contribution in [0.25, 0.3) is 0 Å². The van der Waals surface area contributed by atoms with Crippen molar-refractivity contribution in [1.82, 2.24) is 5.32 Å². The Morgan fingerprint density at radius 3 is 2.30 bits per heavy atom. The van der Waals surface area contributed by atoms with E-state index in [0.29, 0.717) is 22.8 Å². The van der Waals surface area contributed by atoms with Crippen molar-refractivity contribution in [3.63, 3.8) is 0 Å². The molecule has 0 atom stereocenters. The van der Waals surface area contributed by atoms with E-state index in [4.69, 9.17) is 11.6 Å². The average Bonchev–Trinajstić information content (AvgIpc) is 2.79. The largest absolute Gasteiger partial charge is 0.351 e. The van der Waals surface area contributed by atoms with Gasteiger partial charge in [0, 0.05) is 28.6 Å². The molecule has 0 radical (unpaired) electrons. The van der Waals surface area contributed by atoms with E-state index in [1.165, 1.54) is 15.4 Å². The number of rotatable bonds is 10. The van der Waals surface area contributed by atoms with Crippen molar-refractivity contribution in [2.75, 3.05) is 22.9 Å². The molecule has 0 saturated heterocycles. The number of aryl methyl sites for hydroxylation is 1. The quantitative estimate of drug-likeness (QED) is 0.383. The number of nitrogens with one attached hydrogen (secondary N) is 1. The minimum absolute atomic E-state index is 0.179. The van der Waals surface area contributed by atoms with Crippen molar-refractivity contribution < 1.29 is 13.2 Å².